The molecule has 1 amide bonds. The molecule has 2 aromatic carbocycles. The topological polar surface area (TPSA) is 75.5 Å². The minimum Gasteiger partial charge on any atom is -0.344 e. The average Bonchev–Trinajstić information content (AvgIpc) is 2.85. The molecule has 0 aliphatic carbocycles. The number of hydrogen-bond donors (Lipinski definition) is 1. The largest absolute Gasteiger partial charge is 0.344 e. The minimum atomic E-state index is -0.673. The third-order valence-electron chi connectivity index (χ3n) is 5.76. The van der Waals surface area contributed by atoms with E-state index in [4.69, 9.17) is 0 Å². The van der Waals surface area contributed by atoms with Crippen LogP contribution in [0, 0.1) is 10.1 Å². The molecule has 6 nitrogen and oxygen atoms in total. The van der Waals surface area contributed by atoms with Crippen LogP contribution in [0.4, 0.5) is 11.4 Å². The van der Waals surface area contributed by atoms with E-state index < -0.39 is 10.6 Å². The number of para-hydroxylation sites is 1. The van der Waals surface area contributed by atoms with Crippen LogP contribution in [-0.4, -0.2) is 23.0 Å². The summed E-state index contributed by atoms with van der Waals surface area (Å²) < 4.78 is 0. The summed E-state index contributed by atoms with van der Waals surface area (Å²) in [4.78, 5) is 25.0. The van der Waals surface area contributed by atoms with Crippen molar-refractivity contribution in [2.45, 2.75) is 31.3 Å². The van der Waals surface area contributed by atoms with Gasteiger partial charge in [0.1, 0.15) is 5.66 Å². The number of rotatable bonds is 3. The Morgan fingerprint density at radius 3 is 2.56 bits per heavy atom. The summed E-state index contributed by atoms with van der Waals surface area (Å²) in [6.45, 7) is 4.92. The van der Waals surface area contributed by atoms with Crippen LogP contribution < -0.4 is 10.2 Å². The van der Waals surface area contributed by atoms with Gasteiger partial charge in [-0.15, -0.1) is 0 Å². The van der Waals surface area contributed by atoms with E-state index >= 15 is 0 Å². The second-order valence-corrected chi connectivity index (χ2v) is 7.54. The van der Waals surface area contributed by atoms with Crippen molar-refractivity contribution in [2.75, 3.05) is 11.4 Å². The van der Waals surface area contributed by atoms with Crippen LogP contribution in [0.15, 0.2) is 54.6 Å². The van der Waals surface area contributed by atoms with Crippen LogP contribution in [0.3, 0.4) is 0 Å². The molecular formula is C21H21N3O3. The van der Waals surface area contributed by atoms with Crippen LogP contribution in [0.2, 0.25) is 0 Å². The highest BCUT2D eigenvalue weighted by atomic mass is 16.6. The number of nitro groups is 1. The summed E-state index contributed by atoms with van der Waals surface area (Å²) in [7, 11) is 0. The number of non-ortho nitro benzene ring substituents is 1. The Hall–Kier alpha value is -3.15. The minimum absolute atomic E-state index is 0.0282. The number of carbonyl (C=O) groups is 1. The normalized spacial score (nSPS) is 23.0. The smallest absolute Gasteiger partial charge is 0.269 e. The first-order valence-electron chi connectivity index (χ1n) is 8.97. The first-order chi connectivity index (χ1) is 12.8. The summed E-state index contributed by atoms with van der Waals surface area (Å²) in [5.41, 5.74) is 2.23. The molecule has 27 heavy (non-hydrogen) atoms. The number of nitrogens with one attached hydrogen (secondary N) is 1. The van der Waals surface area contributed by atoms with Gasteiger partial charge in [-0.05, 0) is 35.4 Å². The van der Waals surface area contributed by atoms with Crippen molar-refractivity contribution in [3.05, 3.63) is 75.8 Å². The van der Waals surface area contributed by atoms with Gasteiger partial charge in [-0.25, -0.2) is 0 Å². The van der Waals surface area contributed by atoms with E-state index in [2.05, 4.69) is 36.2 Å². The maximum Gasteiger partial charge on any atom is 0.269 e. The fourth-order valence-electron chi connectivity index (χ4n) is 4.24. The molecule has 1 atom stereocenters. The quantitative estimate of drug-likeness (QED) is 0.667. The lowest BCUT2D eigenvalue weighted by Gasteiger charge is -2.49. The highest BCUT2D eigenvalue weighted by Gasteiger charge is 2.57. The Bertz CT molecular complexity index is 949. The van der Waals surface area contributed by atoms with E-state index in [0.29, 0.717) is 13.0 Å². The Kier molecular flexibility index (Phi) is 3.80. The predicted octanol–water partition coefficient (Wildman–Crippen LogP) is 3.62. The van der Waals surface area contributed by atoms with E-state index in [-0.39, 0.29) is 17.0 Å². The van der Waals surface area contributed by atoms with Gasteiger partial charge in [0.15, 0.2) is 0 Å². The van der Waals surface area contributed by atoms with Crippen LogP contribution in [0.1, 0.15) is 31.4 Å². The van der Waals surface area contributed by atoms with Crippen molar-refractivity contribution in [3.8, 4) is 0 Å². The highest BCUT2D eigenvalue weighted by Crippen LogP contribution is 2.52. The van der Waals surface area contributed by atoms with Crippen molar-refractivity contribution in [1.29, 1.82) is 0 Å². The third kappa shape index (κ3) is 2.51. The number of anilines is 1. The summed E-state index contributed by atoms with van der Waals surface area (Å²) >= 11 is 0. The number of nitro benzene ring substituents is 1. The van der Waals surface area contributed by atoms with E-state index in [1.165, 1.54) is 17.7 Å². The summed E-state index contributed by atoms with van der Waals surface area (Å²) in [6, 6.07) is 14.7. The second-order valence-electron chi connectivity index (χ2n) is 7.54. The molecule has 1 fully saturated rings. The van der Waals surface area contributed by atoms with Gasteiger partial charge in [-0.2, -0.15) is 0 Å². The summed E-state index contributed by atoms with van der Waals surface area (Å²) in [5.74, 6) is 0.0282. The molecule has 2 aliphatic heterocycles. The lowest BCUT2D eigenvalue weighted by molar-refractivity contribution is -0.384. The van der Waals surface area contributed by atoms with E-state index in [1.54, 1.807) is 12.1 Å². The fourth-order valence-corrected chi connectivity index (χ4v) is 4.24. The predicted molar refractivity (Wildman–Crippen MR) is 104 cm³/mol. The highest BCUT2D eigenvalue weighted by molar-refractivity contribution is 5.84. The van der Waals surface area contributed by atoms with Crippen LogP contribution in [-0.2, 0) is 10.2 Å². The van der Waals surface area contributed by atoms with Gasteiger partial charge >= 0.3 is 0 Å². The first kappa shape index (κ1) is 17.3. The number of benzene rings is 2. The molecule has 1 N–H and O–H groups in total. The zero-order valence-electron chi connectivity index (χ0n) is 15.3. The van der Waals surface area contributed by atoms with Gasteiger partial charge < -0.3 is 10.2 Å². The molecule has 138 valence electrons. The number of amides is 1. The van der Waals surface area contributed by atoms with Gasteiger partial charge in [0.05, 0.1) is 4.92 Å². The van der Waals surface area contributed by atoms with Crippen molar-refractivity contribution >= 4 is 23.4 Å². The molecule has 0 bridgehead atoms. The molecule has 2 aromatic rings. The van der Waals surface area contributed by atoms with Crippen LogP contribution in [0.25, 0.3) is 6.08 Å². The van der Waals surface area contributed by atoms with E-state index in [9.17, 15) is 14.9 Å². The van der Waals surface area contributed by atoms with E-state index in [1.807, 2.05) is 24.3 Å². The van der Waals surface area contributed by atoms with Crippen LogP contribution in [0.5, 0.6) is 0 Å². The van der Waals surface area contributed by atoms with Crippen molar-refractivity contribution in [1.82, 2.24) is 5.32 Å². The molecule has 0 aromatic heterocycles. The monoisotopic (exact) mass is 363 g/mol. The van der Waals surface area contributed by atoms with Gasteiger partial charge in [0.2, 0.25) is 5.91 Å². The van der Waals surface area contributed by atoms with Gasteiger partial charge in [-0.3, -0.25) is 14.9 Å². The Morgan fingerprint density at radius 2 is 1.85 bits per heavy atom. The third-order valence-corrected chi connectivity index (χ3v) is 5.76. The molecule has 0 unspecified atom stereocenters. The molecule has 1 saturated heterocycles. The Morgan fingerprint density at radius 1 is 1.15 bits per heavy atom. The maximum atomic E-state index is 12.3. The molecule has 0 saturated carbocycles. The van der Waals surface area contributed by atoms with E-state index in [0.717, 1.165) is 11.3 Å². The molecule has 6 heteroatoms. The number of hydrogen-bond acceptors (Lipinski definition) is 4. The fraction of sp³-hybridized carbons (Fsp3) is 0.286. The molecule has 0 spiro atoms. The molecule has 2 heterocycles. The first-order valence-corrected chi connectivity index (χ1v) is 8.97. The maximum absolute atomic E-state index is 12.3. The number of nitrogens with zero attached hydrogens (tertiary/aromatic N) is 2. The lowest BCUT2D eigenvalue weighted by atomic mass is 9.74. The number of fused-ring (bicyclic) bond motifs is 3. The molecule has 0 radical (unpaired) electrons. The average molecular weight is 363 g/mol. The molecule has 4 rings (SSSR count). The standard InChI is InChI=1S/C21H21N3O3/c1-20(2)17-5-3-4-6-18(17)23-14-12-19(25)22-21(20,23)13-11-15-7-9-16(10-8-15)24(26)27/h3-11,13H,12,14H2,1-2H3,(H,22,25)/b13-11+/t21-/m1/s1. The van der Waals surface area contributed by atoms with Gasteiger partial charge in [-0.1, -0.05) is 38.1 Å². The molecule has 2 aliphatic rings. The summed E-state index contributed by atoms with van der Waals surface area (Å²) in [5, 5.41) is 14.1. The number of carbonyl (C=O) groups excluding carboxylic acids is 1. The zero-order valence-corrected chi connectivity index (χ0v) is 15.3. The SMILES string of the molecule is CC1(C)c2ccccc2N2CCC(=O)N[C@]21/C=C/c1ccc([N+](=O)[O-])cc1. The second kappa shape index (κ2) is 5.94. The van der Waals surface area contributed by atoms with Gasteiger partial charge in [0, 0.05) is 36.2 Å². The summed E-state index contributed by atoms with van der Waals surface area (Å²) in [6.07, 6.45) is 4.40. The lowest BCUT2D eigenvalue weighted by Crippen LogP contribution is -2.68. The Balaban J connectivity index is 1.78. The van der Waals surface area contributed by atoms with Crippen molar-refractivity contribution in [2.24, 2.45) is 0 Å². The Labute approximate surface area is 157 Å². The van der Waals surface area contributed by atoms with Crippen LogP contribution >= 0.6 is 0 Å². The van der Waals surface area contributed by atoms with Crippen molar-refractivity contribution in [3.63, 3.8) is 0 Å². The van der Waals surface area contributed by atoms with Crippen molar-refractivity contribution < 1.29 is 9.72 Å². The van der Waals surface area contributed by atoms with Gasteiger partial charge in [0.25, 0.3) is 5.69 Å². The molecular weight excluding hydrogens is 342 g/mol. The zero-order chi connectivity index (χ0) is 19.2.